The Labute approximate surface area is 121 Å². The van der Waals surface area contributed by atoms with Gasteiger partial charge in [-0.3, -0.25) is 9.69 Å². The largest absolute Gasteiger partial charge is 0.340 e. The van der Waals surface area contributed by atoms with E-state index in [-0.39, 0.29) is 5.91 Å². The van der Waals surface area contributed by atoms with E-state index in [0.717, 1.165) is 26.1 Å². The van der Waals surface area contributed by atoms with Crippen molar-refractivity contribution >= 4 is 5.91 Å². The Morgan fingerprint density at radius 3 is 2.85 bits per heavy atom. The monoisotopic (exact) mass is 275 g/mol. The van der Waals surface area contributed by atoms with Crippen molar-refractivity contribution in [1.29, 1.82) is 0 Å². The van der Waals surface area contributed by atoms with E-state index < -0.39 is 0 Å². The van der Waals surface area contributed by atoms with Crippen LogP contribution in [0.15, 0.2) is 30.3 Å². The molecular formula is C16H25N3O. The molecule has 1 unspecified atom stereocenters. The Bertz CT molecular complexity index is 421. The van der Waals surface area contributed by atoms with Crippen LogP contribution in [0.5, 0.6) is 0 Å². The van der Waals surface area contributed by atoms with Crippen molar-refractivity contribution in [2.45, 2.75) is 19.4 Å². The predicted octanol–water partition coefficient (Wildman–Crippen LogP) is 1.32. The second-order valence-electron chi connectivity index (χ2n) is 5.71. The van der Waals surface area contributed by atoms with Gasteiger partial charge in [0.1, 0.15) is 0 Å². The lowest BCUT2D eigenvalue weighted by Crippen LogP contribution is -2.44. The predicted molar refractivity (Wildman–Crippen MR) is 81.1 cm³/mol. The molecule has 20 heavy (non-hydrogen) atoms. The molecule has 4 heteroatoms. The van der Waals surface area contributed by atoms with Crippen LogP contribution in [0.3, 0.4) is 0 Å². The first-order valence-corrected chi connectivity index (χ1v) is 7.39. The number of likely N-dealkylation sites (tertiary alicyclic amines) is 1. The summed E-state index contributed by atoms with van der Waals surface area (Å²) in [6, 6.07) is 10.1. The molecule has 1 atom stereocenters. The molecule has 2 rings (SSSR count). The highest BCUT2D eigenvalue weighted by Gasteiger charge is 2.21. The molecule has 1 saturated heterocycles. The van der Waals surface area contributed by atoms with Gasteiger partial charge in [0.25, 0.3) is 0 Å². The zero-order valence-electron chi connectivity index (χ0n) is 12.3. The normalized spacial score (nSPS) is 19.8. The summed E-state index contributed by atoms with van der Waals surface area (Å²) in [5, 5.41) is 0. The number of nitrogens with two attached hydrogens (primary N) is 1. The van der Waals surface area contributed by atoms with E-state index in [2.05, 4.69) is 17.0 Å². The molecule has 4 nitrogen and oxygen atoms in total. The van der Waals surface area contributed by atoms with Crippen molar-refractivity contribution in [3.63, 3.8) is 0 Å². The average molecular weight is 275 g/mol. The van der Waals surface area contributed by atoms with Gasteiger partial charge in [-0.2, -0.15) is 0 Å². The minimum Gasteiger partial charge on any atom is -0.340 e. The topological polar surface area (TPSA) is 49.6 Å². The Hall–Kier alpha value is -1.39. The highest BCUT2D eigenvalue weighted by molar-refractivity contribution is 5.78. The number of carbonyl (C=O) groups is 1. The number of carbonyl (C=O) groups excluding carboxylic acids is 1. The van der Waals surface area contributed by atoms with Crippen LogP contribution in [0.2, 0.25) is 0 Å². The fraction of sp³-hybridized carbons (Fsp3) is 0.562. The summed E-state index contributed by atoms with van der Waals surface area (Å²) in [6.07, 6.45) is 2.35. The molecule has 1 fully saturated rings. The van der Waals surface area contributed by atoms with Crippen LogP contribution in [-0.2, 0) is 11.3 Å². The molecular weight excluding hydrogens is 250 g/mol. The van der Waals surface area contributed by atoms with Crippen LogP contribution in [0.4, 0.5) is 0 Å². The first-order valence-electron chi connectivity index (χ1n) is 7.39. The second kappa shape index (κ2) is 7.41. The van der Waals surface area contributed by atoms with Crippen molar-refractivity contribution in [3.05, 3.63) is 35.9 Å². The molecule has 0 spiro atoms. The van der Waals surface area contributed by atoms with Crippen LogP contribution in [0.1, 0.15) is 18.4 Å². The zero-order chi connectivity index (χ0) is 14.4. The number of nitrogens with zero attached hydrogens (tertiary/aromatic N) is 2. The van der Waals surface area contributed by atoms with E-state index in [0.29, 0.717) is 19.0 Å². The summed E-state index contributed by atoms with van der Waals surface area (Å²) in [5.74, 6) is 0.738. The van der Waals surface area contributed by atoms with E-state index in [4.69, 9.17) is 5.73 Å². The fourth-order valence-corrected chi connectivity index (χ4v) is 2.74. The maximum Gasteiger partial charge on any atom is 0.236 e. The molecule has 0 aliphatic carbocycles. The third kappa shape index (κ3) is 4.32. The van der Waals surface area contributed by atoms with E-state index >= 15 is 0 Å². The molecule has 1 heterocycles. The molecule has 110 valence electrons. The molecule has 1 aromatic rings. The minimum atomic E-state index is 0.187. The summed E-state index contributed by atoms with van der Waals surface area (Å²) in [4.78, 5) is 16.3. The van der Waals surface area contributed by atoms with Gasteiger partial charge in [0.05, 0.1) is 6.54 Å². The van der Waals surface area contributed by atoms with Gasteiger partial charge in [-0.15, -0.1) is 0 Å². The third-order valence-electron chi connectivity index (χ3n) is 3.98. The highest BCUT2D eigenvalue weighted by Crippen LogP contribution is 2.15. The molecule has 1 aliphatic rings. The Kier molecular flexibility index (Phi) is 5.56. The zero-order valence-corrected chi connectivity index (χ0v) is 12.3. The van der Waals surface area contributed by atoms with E-state index in [9.17, 15) is 4.79 Å². The van der Waals surface area contributed by atoms with Crippen molar-refractivity contribution in [1.82, 2.24) is 9.80 Å². The van der Waals surface area contributed by atoms with Crippen LogP contribution < -0.4 is 5.73 Å². The van der Waals surface area contributed by atoms with Gasteiger partial charge >= 0.3 is 0 Å². The number of benzene rings is 1. The number of piperidine rings is 1. The Morgan fingerprint density at radius 1 is 1.40 bits per heavy atom. The summed E-state index contributed by atoms with van der Waals surface area (Å²) in [5.41, 5.74) is 6.90. The third-order valence-corrected chi connectivity index (χ3v) is 3.98. The van der Waals surface area contributed by atoms with Gasteiger partial charge in [0, 0.05) is 20.1 Å². The van der Waals surface area contributed by atoms with Crippen LogP contribution in [0.25, 0.3) is 0 Å². The Morgan fingerprint density at radius 2 is 2.15 bits per heavy atom. The first kappa shape index (κ1) is 15.0. The lowest BCUT2D eigenvalue weighted by atomic mass is 9.98. The lowest BCUT2D eigenvalue weighted by Gasteiger charge is -2.32. The van der Waals surface area contributed by atoms with Crippen LogP contribution in [-0.4, -0.2) is 48.9 Å². The molecule has 0 aromatic heterocycles. The fourth-order valence-electron chi connectivity index (χ4n) is 2.74. The summed E-state index contributed by atoms with van der Waals surface area (Å²) >= 11 is 0. The maximum atomic E-state index is 12.3. The second-order valence-corrected chi connectivity index (χ2v) is 5.71. The average Bonchev–Trinajstić information content (AvgIpc) is 2.48. The maximum absolute atomic E-state index is 12.3. The van der Waals surface area contributed by atoms with E-state index in [1.165, 1.54) is 12.0 Å². The van der Waals surface area contributed by atoms with Gasteiger partial charge in [0.2, 0.25) is 5.91 Å². The molecule has 1 amide bonds. The molecule has 2 N–H and O–H groups in total. The quantitative estimate of drug-likeness (QED) is 0.881. The van der Waals surface area contributed by atoms with Crippen molar-refractivity contribution in [2.24, 2.45) is 11.7 Å². The molecule has 0 saturated carbocycles. The van der Waals surface area contributed by atoms with Gasteiger partial charge in [-0.1, -0.05) is 30.3 Å². The standard InChI is InChI=1S/C16H25N3O/c1-18(11-14-6-3-2-4-7-14)16(20)13-19-9-5-8-15(10-17)12-19/h2-4,6-7,15H,5,8-13,17H2,1H3. The summed E-state index contributed by atoms with van der Waals surface area (Å²) < 4.78 is 0. The molecule has 1 aromatic carbocycles. The number of hydrogen-bond donors (Lipinski definition) is 1. The number of hydrogen-bond acceptors (Lipinski definition) is 3. The molecule has 0 bridgehead atoms. The van der Waals surface area contributed by atoms with Gasteiger partial charge in [-0.25, -0.2) is 0 Å². The van der Waals surface area contributed by atoms with Crippen molar-refractivity contribution < 1.29 is 4.79 Å². The molecule has 1 aliphatic heterocycles. The molecule has 0 radical (unpaired) electrons. The SMILES string of the molecule is CN(Cc1ccccc1)C(=O)CN1CCCC(CN)C1. The van der Waals surface area contributed by atoms with Gasteiger partial charge in [-0.05, 0) is 37.4 Å². The number of likely N-dealkylation sites (N-methyl/N-ethyl adjacent to an activating group) is 1. The number of amides is 1. The minimum absolute atomic E-state index is 0.187. The van der Waals surface area contributed by atoms with E-state index in [1.807, 2.05) is 25.2 Å². The lowest BCUT2D eigenvalue weighted by molar-refractivity contribution is -0.132. The van der Waals surface area contributed by atoms with Crippen LogP contribution in [0, 0.1) is 5.92 Å². The number of rotatable bonds is 5. The summed E-state index contributed by atoms with van der Waals surface area (Å²) in [7, 11) is 1.87. The van der Waals surface area contributed by atoms with E-state index in [1.54, 1.807) is 4.90 Å². The van der Waals surface area contributed by atoms with Gasteiger partial charge < -0.3 is 10.6 Å². The van der Waals surface area contributed by atoms with Crippen molar-refractivity contribution in [2.75, 3.05) is 33.2 Å². The smallest absolute Gasteiger partial charge is 0.236 e. The highest BCUT2D eigenvalue weighted by atomic mass is 16.2. The Balaban J connectivity index is 1.81. The van der Waals surface area contributed by atoms with Crippen molar-refractivity contribution in [3.8, 4) is 0 Å². The van der Waals surface area contributed by atoms with Gasteiger partial charge in [0.15, 0.2) is 0 Å². The first-order chi connectivity index (χ1) is 9.69. The summed E-state index contributed by atoms with van der Waals surface area (Å²) in [6.45, 7) is 3.89. The van der Waals surface area contributed by atoms with Crippen LogP contribution >= 0.6 is 0 Å².